The van der Waals surface area contributed by atoms with Gasteiger partial charge in [-0.25, -0.2) is 13.6 Å². The number of cyclic esters (lactones) is 1. The van der Waals surface area contributed by atoms with Gasteiger partial charge in [0.2, 0.25) is 5.91 Å². The molecule has 2 aromatic rings. The van der Waals surface area contributed by atoms with Crippen molar-refractivity contribution in [1.29, 1.82) is 0 Å². The van der Waals surface area contributed by atoms with Gasteiger partial charge in [0.1, 0.15) is 18.4 Å². The Morgan fingerprint density at radius 3 is 2.42 bits per heavy atom. The third kappa shape index (κ3) is 6.76. The summed E-state index contributed by atoms with van der Waals surface area (Å²) in [5.41, 5.74) is 0.894. The number of amides is 2. The topological polar surface area (TPSA) is 74.4 Å². The summed E-state index contributed by atoms with van der Waals surface area (Å²) in [6, 6.07) is 11.8. The van der Waals surface area contributed by atoms with Crippen molar-refractivity contribution < 1.29 is 27.8 Å². The van der Waals surface area contributed by atoms with E-state index in [4.69, 9.17) is 21.7 Å². The Morgan fingerprint density at radius 2 is 1.79 bits per heavy atom. The maximum atomic E-state index is 15.1. The van der Waals surface area contributed by atoms with Crippen LogP contribution < -0.4 is 15.1 Å². The number of anilines is 2. The second-order valence-electron chi connectivity index (χ2n) is 9.62. The molecule has 2 aromatic carbocycles. The zero-order chi connectivity index (χ0) is 27.2. The molecule has 1 N–H and O–H groups in total. The Kier molecular flexibility index (Phi) is 9.11. The zero-order valence-electron chi connectivity index (χ0n) is 21.5. The highest BCUT2D eigenvalue weighted by molar-refractivity contribution is 7.80. The van der Waals surface area contributed by atoms with Gasteiger partial charge in [0.25, 0.3) is 0 Å². The largest absolute Gasteiger partial charge is 0.442 e. The number of rotatable bonds is 9. The molecular formula is C27H32F2N4O4S. The summed E-state index contributed by atoms with van der Waals surface area (Å²) < 4.78 is 41.1. The van der Waals surface area contributed by atoms with E-state index >= 15 is 8.78 Å². The molecule has 204 valence electrons. The molecule has 38 heavy (non-hydrogen) atoms. The molecule has 0 unspecified atom stereocenters. The highest BCUT2D eigenvalue weighted by Gasteiger charge is 2.34. The number of carbonyl (C=O) groups is 2. The first-order chi connectivity index (χ1) is 18.2. The first-order valence-electron chi connectivity index (χ1n) is 12.6. The summed E-state index contributed by atoms with van der Waals surface area (Å²) in [6.45, 7) is 5.84. The van der Waals surface area contributed by atoms with Crippen molar-refractivity contribution in [2.24, 2.45) is 5.92 Å². The van der Waals surface area contributed by atoms with Crippen LogP contribution in [-0.4, -0.2) is 73.9 Å². The van der Waals surface area contributed by atoms with Crippen LogP contribution >= 0.6 is 12.2 Å². The van der Waals surface area contributed by atoms with Crippen LogP contribution in [0.1, 0.15) is 19.4 Å². The van der Waals surface area contributed by atoms with Gasteiger partial charge in [-0.3, -0.25) is 9.69 Å². The lowest BCUT2D eigenvalue weighted by atomic mass is 10.2. The van der Waals surface area contributed by atoms with Crippen LogP contribution in [0.2, 0.25) is 0 Å². The molecule has 11 heteroatoms. The molecule has 0 spiro atoms. The van der Waals surface area contributed by atoms with Gasteiger partial charge in [-0.15, -0.1) is 0 Å². The van der Waals surface area contributed by atoms with Gasteiger partial charge in [-0.1, -0.05) is 56.4 Å². The molecule has 2 heterocycles. The maximum absolute atomic E-state index is 15.1. The molecule has 2 saturated heterocycles. The fourth-order valence-corrected chi connectivity index (χ4v) is 4.45. The smallest absolute Gasteiger partial charge is 0.414 e. The Balaban J connectivity index is 1.30. The summed E-state index contributed by atoms with van der Waals surface area (Å²) in [5, 5.41) is 3.06. The number of hydrogen-bond acceptors (Lipinski definition) is 6. The molecule has 0 bridgehead atoms. The monoisotopic (exact) mass is 546 g/mol. The van der Waals surface area contributed by atoms with Gasteiger partial charge >= 0.3 is 6.09 Å². The lowest BCUT2D eigenvalue weighted by molar-refractivity contribution is -0.136. The standard InChI is InChI=1S/C27H32F2N4O4S/c1-18(2)26(38)30-14-21-15-33(27(35)37-21)20-12-22(28)25(23(29)13-20)32-10-8-31(9-11-32)24(34)17-36-16-19-6-4-3-5-7-19/h3-7,12-13,18,21H,8-11,14-17H2,1-2H3,(H,30,38)/t21-/m0/s1. The molecule has 2 aliphatic heterocycles. The van der Waals surface area contributed by atoms with E-state index in [9.17, 15) is 9.59 Å². The number of nitrogens with one attached hydrogen (secondary N) is 1. The van der Waals surface area contributed by atoms with Crippen LogP contribution in [0.4, 0.5) is 25.0 Å². The van der Waals surface area contributed by atoms with Crippen molar-refractivity contribution in [2.45, 2.75) is 26.6 Å². The molecular weight excluding hydrogens is 514 g/mol. The van der Waals surface area contributed by atoms with Crippen molar-refractivity contribution in [1.82, 2.24) is 10.2 Å². The quantitative estimate of drug-likeness (QED) is 0.481. The Labute approximate surface area is 226 Å². The predicted octanol–water partition coefficient (Wildman–Crippen LogP) is 3.73. The summed E-state index contributed by atoms with van der Waals surface area (Å²) in [5.74, 6) is -1.56. The third-order valence-electron chi connectivity index (χ3n) is 6.50. The van der Waals surface area contributed by atoms with Crippen molar-refractivity contribution in [2.75, 3.05) is 55.7 Å². The Hall–Kier alpha value is -3.31. The molecule has 0 radical (unpaired) electrons. The average Bonchev–Trinajstić information content (AvgIpc) is 3.28. The van der Waals surface area contributed by atoms with Crippen molar-refractivity contribution in [3.8, 4) is 0 Å². The van der Waals surface area contributed by atoms with E-state index < -0.39 is 23.8 Å². The van der Waals surface area contributed by atoms with Crippen LogP contribution in [-0.2, 0) is 20.9 Å². The predicted molar refractivity (Wildman–Crippen MR) is 144 cm³/mol. The Bertz CT molecular complexity index is 1140. The Morgan fingerprint density at radius 1 is 1.13 bits per heavy atom. The number of nitrogens with zero attached hydrogens (tertiary/aromatic N) is 3. The second kappa shape index (κ2) is 12.5. The molecule has 0 saturated carbocycles. The van der Waals surface area contributed by atoms with E-state index in [0.717, 1.165) is 17.7 Å². The third-order valence-corrected chi connectivity index (χ3v) is 7.12. The number of benzene rings is 2. The minimum Gasteiger partial charge on any atom is -0.442 e. The van der Waals surface area contributed by atoms with E-state index in [0.29, 0.717) is 31.2 Å². The van der Waals surface area contributed by atoms with Crippen LogP contribution in [0.5, 0.6) is 0 Å². The number of ether oxygens (including phenoxy) is 2. The van der Waals surface area contributed by atoms with E-state index in [-0.39, 0.29) is 49.4 Å². The van der Waals surface area contributed by atoms with Gasteiger partial charge in [-0.05, 0) is 5.56 Å². The maximum Gasteiger partial charge on any atom is 0.414 e. The fourth-order valence-electron chi connectivity index (χ4n) is 4.37. The lowest BCUT2D eigenvalue weighted by Crippen LogP contribution is -2.50. The van der Waals surface area contributed by atoms with Gasteiger partial charge in [0.15, 0.2) is 11.6 Å². The molecule has 8 nitrogen and oxygen atoms in total. The highest BCUT2D eigenvalue weighted by atomic mass is 32.1. The molecule has 2 amide bonds. The van der Waals surface area contributed by atoms with Crippen molar-refractivity contribution in [3.05, 3.63) is 59.7 Å². The number of carbonyl (C=O) groups excluding carboxylic acids is 2. The fraction of sp³-hybridized carbons (Fsp3) is 0.444. The van der Waals surface area contributed by atoms with E-state index in [1.165, 1.54) is 4.90 Å². The lowest BCUT2D eigenvalue weighted by Gasteiger charge is -2.36. The first kappa shape index (κ1) is 27.7. The molecule has 2 aliphatic rings. The van der Waals surface area contributed by atoms with Crippen LogP contribution in [0.3, 0.4) is 0 Å². The number of piperazine rings is 1. The summed E-state index contributed by atoms with van der Waals surface area (Å²) in [6.07, 6.45) is -1.16. The number of hydrogen-bond donors (Lipinski definition) is 1. The van der Waals surface area contributed by atoms with Crippen LogP contribution in [0, 0.1) is 17.6 Å². The van der Waals surface area contributed by atoms with E-state index in [1.54, 1.807) is 9.80 Å². The van der Waals surface area contributed by atoms with Crippen LogP contribution in [0.15, 0.2) is 42.5 Å². The highest BCUT2D eigenvalue weighted by Crippen LogP contribution is 2.31. The SMILES string of the molecule is CC(C)C(=S)NC[C@H]1CN(c2cc(F)c(N3CCN(C(=O)COCc4ccccc4)CC3)c(F)c2)C(=O)O1. The average molecular weight is 547 g/mol. The minimum absolute atomic E-state index is 0.0575. The van der Waals surface area contributed by atoms with Crippen molar-refractivity contribution >= 4 is 40.6 Å². The van der Waals surface area contributed by atoms with Gasteiger partial charge in [0, 0.05) is 44.2 Å². The van der Waals surface area contributed by atoms with Crippen LogP contribution in [0.25, 0.3) is 0 Å². The number of thiocarbonyl (C=S) groups is 1. The first-order valence-corrected chi connectivity index (χ1v) is 13.0. The number of halogens is 2. The van der Waals surface area contributed by atoms with Gasteiger partial charge < -0.3 is 24.6 Å². The van der Waals surface area contributed by atoms with E-state index in [2.05, 4.69) is 5.32 Å². The van der Waals surface area contributed by atoms with Crippen molar-refractivity contribution in [3.63, 3.8) is 0 Å². The second-order valence-corrected chi connectivity index (χ2v) is 10.1. The zero-order valence-corrected chi connectivity index (χ0v) is 22.3. The van der Waals surface area contributed by atoms with E-state index in [1.807, 2.05) is 44.2 Å². The minimum atomic E-state index is -0.777. The van der Waals surface area contributed by atoms with Gasteiger partial charge in [0.05, 0.1) is 30.4 Å². The van der Waals surface area contributed by atoms with Gasteiger partial charge in [-0.2, -0.15) is 0 Å². The summed E-state index contributed by atoms with van der Waals surface area (Å²) in [7, 11) is 0. The molecule has 0 aromatic heterocycles. The summed E-state index contributed by atoms with van der Waals surface area (Å²) >= 11 is 5.24. The summed E-state index contributed by atoms with van der Waals surface area (Å²) in [4.78, 5) is 29.9. The molecule has 2 fully saturated rings. The molecule has 4 rings (SSSR count). The molecule has 1 atom stereocenters. The molecule has 0 aliphatic carbocycles. The normalized spacial score (nSPS) is 17.7.